The summed E-state index contributed by atoms with van der Waals surface area (Å²) in [6.07, 6.45) is -0.818. The van der Waals surface area contributed by atoms with Crippen molar-refractivity contribution in [3.63, 3.8) is 0 Å². The molecule has 1 atom stereocenters. The SMILES string of the molecule is CCNCc1ccc(OCC(O)CO)cc1. The Morgan fingerprint density at radius 1 is 1.31 bits per heavy atom. The first-order chi connectivity index (χ1) is 7.76. The molecule has 16 heavy (non-hydrogen) atoms. The lowest BCUT2D eigenvalue weighted by Crippen LogP contribution is -2.21. The van der Waals surface area contributed by atoms with Crippen molar-refractivity contribution in [2.45, 2.75) is 19.6 Å². The van der Waals surface area contributed by atoms with Crippen LogP contribution < -0.4 is 10.1 Å². The van der Waals surface area contributed by atoms with Crippen molar-refractivity contribution in [1.29, 1.82) is 0 Å². The summed E-state index contributed by atoms with van der Waals surface area (Å²) in [6.45, 7) is 3.69. The van der Waals surface area contributed by atoms with Gasteiger partial charge in [0.05, 0.1) is 6.61 Å². The molecule has 1 aromatic carbocycles. The van der Waals surface area contributed by atoms with Gasteiger partial charge in [-0.05, 0) is 24.2 Å². The van der Waals surface area contributed by atoms with Crippen LogP contribution in [-0.4, -0.2) is 36.1 Å². The molecule has 3 N–H and O–H groups in total. The summed E-state index contributed by atoms with van der Waals surface area (Å²) in [7, 11) is 0. The molecule has 0 spiro atoms. The van der Waals surface area contributed by atoms with Gasteiger partial charge in [0.1, 0.15) is 18.5 Å². The van der Waals surface area contributed by atoms with Crippen LogP contribution in [0.25, 0.3) is 0 Å². The van der Waals surface area contributed by atoms with E-state index in [4.69, 9.17) is 14.9 Å². The van der Waals surface area contributed by atoms with E-state index < -0.39 is 6.10 Å². The topological polar surface area (TPSA) is 61.7 Å². The van der Waals surface area contributed by atoms with Crippen LogP contribution >= 0.6 is 0 Å². The molecule has 1 unspecified atom stereocenters. The van der Waals surface area contributed by atoms with Gasteiger partial charge in [0.15, 0.2) is 0 Å². The number of hydrogen-bond acceptors (Lipinski definition) is 4. The predicted octanol–water partition coefficient (Wildman–Crippen LogP) is 0.528. The van der Waals surface area contributed by atoms with E-state index in [-0.39, 0.29) is 13.2 Å². The van der Waals surface area contributed by atoms with Gasteiger partial charge in [-0.15, -0.1) is 0 Å². The molecular formula is C12H19NO3. The highest BCUT2D eigenvalue weighted by Crippen LogP contribution is 2.12. The molecule has 1 aromatic rings. The summed E-state index contributed by atoms with van der Waals surface area (Å²) in [5.74, 6) is 0.702. The Balaban J connectivity index is 2.38. The molecule has 4 nitrogen and oxygen atoms in total. The van der Waals surface area contributed by atoms with Crippen molar-refractivity contribution in [2.75, 3.05) is 19.8 Å². The van der Waals surface area contributed by atoms with Crippen molar-refractivity contribution in [1.82, 2.24) is 5.32 Å². The van der Waals surface area contributed by atoms with Gasteiger partial charge < -0.3 is 20.3 Å². The first kappa shape index (κ1) is 13.0. The maximum atomic E-state index is 9.10. The van der Waals surface area contributed by atoms with E-state index in [1.165, 1.54) is 5.56 Å². The first-order valence-corrected chi connectivity index (χ1v) is 5.47. The summed E-state index contributed by atoms with van der Waals surface area (Å²) >= 11 is 0. The Morgan fingerprint density at radius 3 is 2.56 bits per heavy atom. The standard InChI is InChI=1S/C12H19NO3/c1-2-13-7-10-3-5-12(6-4-10)16-9-11(15)8-14/h3-6,11,13-15H,2,7-9H2,1H3. The molecule has 0 fully saturated rings. The minimum atomic E-state index is -0.818. The lowest BCUT2D eigenvalue weighted by molar-refractivity contribution is 0.0536. The van der Waals surface area contributed by atoms with E-state index >= 15 is 0 Å². The molecule has 0 saturated heterocycles. The van der Waals surface area contributed by atoms with Crippen molar-refractivity contribution in [3.8, 4) is 5.75 Å². The van der Waals surface area contributed by atoms with E-state index in [9.17, 15) is 0 Å². The molecule has 0 radical (unpaired) electrons. The molecule has 0 aliphatic carbocycles. The second-order valence-corrected chi connectivity index (χ2v) is 3.57. The summed E-state index contributed by atoms with van der Waals surface area (Å²) in [5.41, 5.74) is 1.19. The monoisotopic (exact) mass is 225 g/mol. The molecule has 90 valence electrons. The van der Waals surface area contributed by atoms with Gasteiger partial charge >= 0.3 is 0 Å². The van der Waals surface area contributed by atoms with Gasteiger partial charge in [-0.1, -0.05) is 19.1 Å². The Bertz CT molecular complexity index is 287. The number of nitrogens with one attached hydrogen (secondary N) is 1. The number of aliphatic hydroxyl groups is 2. The highest BCUT2D eigenvalue weighted by atomic mass is 16.5. The number of ether oxygens (including phenoxy) is 1. The van der Waals surface area contributed by atoms with Crippen LogP contribution in [0.15, 0.2) is 24.3 Å². The van der Waals surface area contributed by atoms with E-state index in [0.29, 0.717) is 5.75 Å². The van der Waals surface area contributed by atoms with Crippen molar-refractivity contribution in [2.24, 2.45) is 0 Å². The quantitative estimate of drug-likeness (QED) is 0.633. The zero-order valence-corrected chi connectivity index (χ0v) is 9.52. The summed E-state index contributed by atoms with van der Waals surface area (Å²) in [5, 5.41) is 21.0. The van der Waals surface area contributed by atoms with E-state index in [2.05, 4.69) is 12.2 Å². The van der Waals surface area contributed by atoms with Gasteiger partial charge in [0, 0.05) is 6.54 Å². The molecular weight excluding hydrogens is 206 g/mol. The van der Waals surface area contributed by atoms with Crippen LogP contribution in [0, 0.1) is 0 Å². The molecule has 1 rings (SSSR count). The van der Waals surface area contributed by atoms with E-state index in [1.807, 2.05) is 24.3 Å². The fourth-order valence-electron chi connectivity index (χ4n) is 1.22. The fraction of sp³-hybridized carbons (Fsp3) is 0.500. The number of hydrogen-bond donors (Lipinski definition) is 3. The smallest absolute Gasteiger partial charge is 0.119 e. The normalized spacial score (nSPS) is 12.4. The fourth-order valence-corrected chi connectivity index (χ4v) is 1.22. The first-order valence-electron chi connectivity index (χ1n) is 5.47. The third-order valence-electron chi connectivity index (χ3n) is 2.16. The summed E-state index contributed by atoms with van der Waals surface area (Å²) in [6, 6.07) is 7.67. The number of benzene rings is 1. The van der Waals surface area contributed by atoms with Crippen LogP contribution in [0.1, 0.15) is 12.5 Å². The predicted molar refractivity (Wildman–Crippen MR) is 62.4 cm³/mol. The average molecular weight is 225 g/mol. The Morgan fingerprint density at radius 2 is 2.00 bits per heavy atom. The average Bonchev–Trinajstić information content (AvgIpc) is 2.34. The lowest BCUT2D eigenvalue weighted by atomic mass is 10.2. The third kappa shape index (κ3) is 4.61. The van der Waals surface area contributed by atoms with Crippen LogP contribution in [0.4, 0.5) is 0 Å². The van der Waals surface area contributed by atoms with Gasteiger partial charge in [-0.25, -0.2) is 0 Å². The minimum absolute atomic E-state index is 0.114. The van der Waals surface area contributed by atoms with Gasteiger partial charge in [0.2, 0.25) is 0 Å². The van der Waals surface area contributed by atoms with E-state index in [1.54, 1.807) is 0 Å². The largest absolute Gasteiger partial charge is 0.491 e. The molecule has 0 aliphatic heterocycles. The summed E-state index contributed by atoms with van der Waals surface area (Å²) < 4.78 is 5.29. The Kier molecular flexibility index (Phi) is 5.85. The second kappa shape index (κ2) is 7.22. The van der Waals surface area contributed by atoms with Crippen molar-refractivity contribution in [3.05, 3.63) is 29.8 Å². The summed E-state index contributed by atoms with van der Waals surface area (Å²) in [4.78, 5) is 0. The minimum Gasteiger partial charge on any atom is -0.491 e. The van der Waals surface area contributed by atoms with Crippen LogP contribution in [0.3, 0.4) is 0 Å². The number of rotatable bonds is 7. The molecule has 0 aromatic heterocycles. The van der Waals surface area contributed by atoms with E-state index in [0.717, 1.165) is 13.1 Å². The van der Waals surface area contributed by atoms with Gasteiger partial charge in [-0.2, -0.15) is 0 Å². The van der Waals surface area contributed by atoms with Crippen molar-refractivity contribution < 1.29 is 14.9 Å². The highest BCUT2D eigenvalue weighted by molar-refractivity contribution is 5.27. The maximum Gasteiger partial charge on any atom is 0.119 e. The van der Waals surface area contributed by atoms with Gasteiger partial charge in [-0.3, -0.25) is 0 Å². The Labute approximate surface area is 95.9 Å². The van der Waals surface area contributed by atoms with Crippen molar-refractivity contribution >= 4 is 0 Å². The lowest BCUT2D eigenvalue weighted by Gasteiger charge is -2.10. The second-order valence-electron chi connectivity index (χ2n) is 3.57. The zero-order chi connectivity index (χ0) is 11.8. The maximum absolute atomic E-state index is 9.10. The van der Waals surface area contributed by atoms with Crippen LogP contribution in [0.2, 0.25) is 0 Å². The molecule has 4 heteroatoms. The Hall–Kier alpha value is -1.10. The molecule has 0 bridgehead atoms. The highest BCUT2D eigenvalue weighted by Gasteiger charge is 2.02. The van der Waals surface area contributed by atoms with Crippen LogP contribution in [-0.2, 0) is 6.54 Å². The molecule has 0 amide bonds. The molecule has 0 heterocycles. The number of aliphatic hydroxyl groups excluding tert-OH is 2. The zero-order valence-electron chi connectivity index (χ0n) is 9.52. The third-order valence-corrected chi connectivity index (χ3v) is 2.16. The molecule has 0 aliphatic rings. The van der Waals surface area contributed by atoms with Gasteiger partial charge in [0.25, 0.3) is 0 Å². The molecule has 0 saturated carbocycles. The van der Waals surface area contributed by atoms with Crippen LogP contribution in [0.5, 0.6) is 5.75 Å².